The summed E-state index contributed by atoms with van der Waals surface area (Å²) >= 11 is 0. The average molecular weight is 205 g/mol. The first kappa shape index (κ1) is 13.8. The first-order valence-corrected chi connectivity index (χ1v) is 5.51. The van der Waals surface area contributed by atoms with Crippen LogP contribution in [0.2, 0.25) is 0 Å². The SMILES string of the molecule is C=C/C(=C\CC)NC(=C)/C(=C\C)C(C)C. The average Bonchev–Trinajstić information content (AvgIpc) is 2.17. The van der Waals surface area contributed by atoms with E-state index in [4.69, 9.17) is 0 Å². The molecular weight excluding hydrogens is 182 g/mol. The molecule has 1 N–H and O–H groups in total. The highest BCUT2D eigenvalue weighted by molar-refractivity contribution is 5.33. The molecule has 0 aliphatic heterocycles. The Morgan fingerprint density at radius 2 is 2.00 bits per heavy atom. The summed E-state index contributed by atoms with van der Waals surface area (Å²) in [5, 5.41) is 3.28. The molecule has 0 amide bonds. The molecule has 0 saturated carbocycles. The third-order valence-electron chi connectivity index (χ3n) is 2.22. The van der Waals surface area contributed by atoms with Crippen molar-refractivity contribution in [3.8, 4) is 0 Å². The van der Waals surface area contributed by atoms with E-state index in [1.54, 1.807) is 0 Å². The minimum Gasteiger partial charge on any atom is -0.356 e. The van der Waals surface area contributed by atoms with Crippen molar-refractivity contribution in [2.75, 3.05) is 0 Å². The first-order valence-electron chi connectivity index (χ1n) is 5.51. The zero-order valence-electron chi connectivity index (χ0n) is 10.4. The normalized spacial score (nSPS) is 12.9. The fourth-order valence-corrected chi connectivity index (χ4v) is 1.51. The third kappa shape index (κ3) is 4.68. The van der Waals surface area contributed by atoms with Crippen LogP contribution in [-0.4, -0.2) is 0 Å². The quantitative estimate of drug-likeness (QED) is 0.642. The molecule has 0 aromatic rings. The van der Waals surface area contributed by atoms with Gasteiger partial charge >= 0.3 is 0 Å². The summed E-state index contributed by atoms with van der Waals surface area (Å²) in [6.45, 7) is 16.3. The van der Waals surface area contributed by atoms with E-state index in [1.165, 1.54) is 5.57 Å². The van der Waals surface area contributed by atoms with E-state index in [0.29, 0.717) is 5.92 Å². The summed E-state index contributed by atoms with van der Waals surface area (Å²) in [6.07, 6.45) is 7.02. The molecule has 0 aromatic heterocycles. The topological polar surface area (TPSA) is 12.0 Å². The largest absolute Gasteiger partial charge is 0.356 e. The third-order valence-corrected chi connectivity index (χ3v) is 2.22. The number of hydrogen-bond donors (Lipinski definition) is 1. The van der Waals surface area contributed by atoms with Gasteiger partial charge in [-0.05, 0) is 30.9 Å². The lowest BCUT2D eigenvalue weighted by Gasteiger charge is -2.16. The lowest BCUT2D eigenvalue weighted by molar-refractivity contribution is 0.756. The van der Waals surface area contributed by atoms with Gasteiger partial charge in [-0.2, -0.15) is 0 Å². The van der Waals surface area contributed by atoms with Crippen molar-refractivity contribution in [1.29, 1.82) is 0 Å². The van der Waals surface area contributed by atoms with Crippen molar-refractivity contribution in [1.82, 2.24) is 5.32 Å². The Hall–Kier alpha value is -1.24. The summed E-state index contributed by atoms with van der Waals surface area (Å²) in [7, 11) is 0. The molecule has 0 saturated heterocycles. The van der Waals surface area contributed by atoms with Gasteiger partial charge in [-0.15, -0.1) is 0 Å². The molecule has 0 aliphatic rings. The Balaban J connectivity index is 4.60. The zero-order chi connectivity index (χ0) is 11.8. The van der Waals surface area contributed by atoms with E-state index in [0.717, 1.165) is 17.8 Å². The Kier molecular flexibility index (Phi) is 6.52. The van der Waals surface area contributed by atoms with Gasteiger partial charge in [-0.3, -0.25) is 0 Å². The Bertz CT molecular complexity index is 280. The molecule has 0 radical (unpaired) electrons. The summed E-state index contributed by atoms with van der Waals surface area (Å²) in [6, 6.07) is 0. The fourth-order valence-electron chi connectivity index (χ4n) is 1.51. The van der Waals surface area contributed by atoms with Crippen molar-refractivity contribution in [2.45, 2.75) is 34.1 Å². The maximum atomic E-state index is 4.05. The lowest BCUT2D eigenvalue weighted by atomic mass is 10.0. The predicted molar refractivity (Wildman–Crippen MR) is 69.4 cm³/mol. The van der Waals surface area contributed by atoms with Crippen LogP contribution in [0.15, 0.2) is 48.4 Å². The number of allylic oxidation sites excluding steroid dienone is 4. The van der Waals surface area contributed by atoms with Gasteiger partial charge in [-0.25, -0.2) is 0 Å². The molecule has 0 fully saturated rings. The summed E-state index contributed by atoms with van der Waals surface area (Å²) < 4.78 is 0. The lowest BCUT2D eigenvalue weighted by Crippen LogP contribution is -2.14. The van der Waals surface area contributed by atoms with Crippen LogP contribution in [0.25, 0.3) is 0 Å². The van der Waals surface area contributed by atoms with Crippen LogP contribution in [0.4, 0.5) is 0 Å². The molecule has 0 unspecified atom stereocenters. The van der Waals surface area contributed by atoms with Crippen LogP contribution < -0.4 is 5.32 Å². The molecule has 15 heavy (non-hydrogen) atoms. The maximum Gasteiger partial charge on any atom is 0.0342 e. The van der Waals surface area contributed by atoms with Crippen molar-refractivity contribution in [3.05, 3.63) is 48.4 Å². The molecule has 0 spiro atoms. The van der Waals surface area contributed by atoms with E-state index in [1.807, 2.05) is 13.0 Å². The molecule has 0 aliphatic carbocycles. The highest BCUT2D eigenvalue weighted by Gasteiger charge is 2.06. The van der Waals surface area contributed by atoms with Crippen molar-refractivity contribution in [3.63, 3.8) is 0 Å². The minimum atomic E-state index is 0.489. The second-order valence-electron chi connectivity index (χ2n) is 3.77. The van der Waals surface area contributed by atoms with Crippen LogP contribution in [-0.2, 0) is 0 Å². The summed E-state index contributed by atoms with van der Waals surface area (Å²) in [5.41, 5.74) is 3.24. The number of rotatable bonds is 6. The number of nitrogens with one attached hydrogen (secondary N) is 1. The molecule has 0 heterocycles. The van der Waals surface area contributed by atoms with Crippen molar-refractivity contribution < 1.29 is 0 Å². The van der Waals surface area contributed by atoms with Crippen LogP contribution in [0.3, 0.4) is 0 Å². The van der Waals surface area contributed by atoms with Gasteiger partial charge < -0.3 is 5.32 Å². The molecule has 0 aromatic carbocycles. The maximum absolute atomic E-state index is 4.05. The van der Waals surface area contributed by atoms with Crippen LogP contribution >= 0.6 is 0 Å². The first-order chi connectivity index (χ1) is 7.06. The van der Waals surface area contributed by atoms with Gasteiger partial charge in [0.2, 0.25) is 0 Å². The van der Waals surface area contributed by atoms with E-state index in [-0.39, 0.29) is 0 Å². The summed E-state index contributed by atoms with van der Waals surface area (Å²) in [4.78, 5) is 0. The van der Waals surface area contributed by atoms with Gasteiger partial charge in [0.1, 0.15) is 0 Å². The Morgan fingerprint density at radius 1 is 1.40 bits per heavy atom. The highest BCUT2D eigenvalue weighted by Crippen LogP contribution is 2.16. The smallest absolute Gasteiger partial charge is 0.0342 e. The second kappa shape index (κ2) is 7.10. The molecule has 0 bridgehead atoms. The van der Waals surface area contributed by atoms with Gasteiger partial charge in [0.05, 0.1) is 0 Å². The molecule has 0 atom stereocenters. The molecule has 0 rings (SSSR count). The van der Waals surface area contributed by atoms with Crippen molar-refractivity contribution >= 4 is 0 Å². The monoisotopic (exact) mass is 205 g/mol. The van der Waals surface area contributed by atoms with Crippen molar-refractivity contribution in [2.24, 2.45) is 5.92 Å². The van der Waals surface area contributed by atoms with Gasteiger partial charge in [0.15, 0.2) is 0 Å². The van der Waals surface area contributed by atoms with E-state index >= 15 is 0 Å². The Labute approximate surface area is 94.3 Å². The van der Waals surface area contributed by atoms with E-state index < -0.39 is 0 Å². The van der Waals surface area contributed by atoms with E-state index in [2.05, 4.69) is 51.4 Å². The Morgan fingerprint density at radius 3 is 2.33 bits per heavy atom. The molecule has 1 nitrogen and oxygen atoms in total. The van der Waals surface area contributed by atoms with Gasteiger partial charge in [0.25, 0.3) is 0 Å². The molecular formula is C14H23N. The van der Waals surface area contributed by atoms with Gasteiger partial charge in [-0.1, -0.05) is 46.1 Å². The van der Waals surface area contributed by atoms with Crippen LogP contribution in [0.5, 0.6) is 0 Å². The van der Waals surface area contributed by atoms with E-state index in [9.17, 15) is 0 Å². The minimum absolute atomic E-state index is 0.489. The standard InChI is InChI=1S/C14H23N/c1-7-10-13(8-2)15-12(6)14(9-3)11(4)5/h8-11,15H,2,6-7H2,1,3-5H3/b13-10+,14-9-. The number of hydrogen-bond acceptors (Lipinski definition) is 1. The fraction of sp³-hybridized carbons (Fsp3) is 0.429. The second-order valence-corrected chi connectivity index (χ2v) is 3.77. The van der Waals surface area contributed by atoms with Crippen LogP contribution in [0.1, 0.15) is 34.1 Å². The molecule has 1 heteroatoms. The predicted octanol–water partition coefficient (Wildman–Crippen LogP) is 4.17. The summed E-state index contributed by atoms with van der Waals surface area (Å²) in [5.74, 6) is 0.489. The molecule has 84 valence electrons. The van der Waals surface area contributed by atoms with Crippen LogP contribution in [0, 0.1) is 5.92 Å². The zero-order valence-corrected chi connectivity index (χ0v) is 10.4. The van der Waals surface area contributed by atoms with Gasteiger partial charge in [0, 0.05) is 11.4 Å². The highest BCUT2D eigenvalue weighted by atomic mass is 14.9.